The zero-order valence-electron chi connectivity index (χ0n) is 14.0. The Labute approximate surface area is 142 Å². The third-order valence-corrected chi connectivity index (χ3v) is 5.17. The lowest BCUT2D eigenvalue weighted by molar-refractivity contribution is -0.130. The molecule has 4 nitrogen and oxygen atoms in total. The number of rotatable bonds is 6. The van der Waals surface area contributed by atoms with Gasteiger partial charge in [0.05, 0.1) is 5.92 Å². The van der Waals surface area contributed by atoms with Crippen molar-refractivity contribution >= 4 is 11.8 Å². The summed E-state index contributed by atoms with van der Waals surface area (Å²) in [7, 11) is 0. The fourth-order valence-corrected chi connectivity index (χ4v) is 3.81. The minimum absolute atomic E-state index is 0.0441. The molecule has 5 heteroatoms. The van der Waals surface area contributed by atoms with Crippen molar-refractivity contribution in [3.05, 3.63) is 35.6 Å². The average Bonchev–Trinajstić information content (AvgIpc) is 3.22. The number of likely N-dealkylation sites (tertiary alicyclic amines) is 1. The highest BCUT2D eigenvalue weighted by Gasteiger charge is 2.38. The summed E-state index contributed by atoms with van der Waals surface area (Å²) in [5, 5.41) is 2.91. The highest BCUT2D eigenvalue weighted by Crippen LogP contribution is 2.29. The lowest BCUT2D eigenvalue weighted by Gasteiger charge is -2.23. The minimum Gasteiger partial charge on any atom is -0.356 e. The van der Waals surface area contributed by atoms with Crippen LogP contribution in [0.25, 0.3) is 0 Å². The van der Waals surface area contributed by atoms with Crippen LogP contribution >= 0.6 is 0 Å². The SMILES string of the molecule is O=C(NCCCc1ccccc1F)C1CC(=O)N(C2CCCC2)C1. The van der Waals surface area contributed by atoms with Crippen LogP contribution in [0.15, 0.2) is 24.3 Å². The van der Waals surface area contributed by atoms with Crippen LogP contribution in [0.1, 0.15) is 44.1 Å². The monoisotopic (exact) mass is 332 g/mol. The second kappa shape index (κ2) is 7.77. The Morgan fingerprint density at radius 2 is 2.00 bits per heavy atom. The Kier molecular flexibility index (Phi) is 5.48. The van der Waals surface area contributed by atoms with Crippen molar-refractivity contribution < 1.29 is 14.0 Å². The van der Waals surface area contributed by atoms with Crippen molar-refractivity contribution in [3.8, 4) is 0 Å². The van der Waals surface area contributed by atoms with Gasteiger partial charge in [0.1, 0.15) is 5.82 Å². The van der Waals surface area contributed by atoms with E-state index in [0.717, 1.165) is 12.8 Å². The molecule has 0 radical (unpaired) electrons. The molecule has 1 unspecified atom stereocenters. The Bertz CT molecular complexity index is 599. The summed E-state index contributed by atoms with van der Waals surface area (Å²) in [4.78, 5) is 26.3. The number of nitrogens with zero attached hydrogens (tertiary/aromatic N) is 1. The van der Waals surface area contributed by atoms with E-state index in [1.807, 2.05) is 11.0 Å². The Balaban J connectivity index is 1.41. The highest BCUT2D eigenvalue weighted by atomic mass is 19.1. The fourth-order valence-electron chi connectivity index (χ4n) is 3.81. The van der Waals surface area contributed by atoms with Gasteiger partial charge in [-0.2, -0.15) is 0 Å². The molecule has 2 aliphatic rings. The van der Waals surface area contributed by atoms with Crippen LogP contribution in [0.3, 0.4) is 0 Å². The van der Waals surface area contributed by atoms with Crippen molar-refractivity contribution in [1.29, 1.82) is 0 Å². The van der Waals surface area contributed by atoms with Crippen molar-refractivity contribution in [2.75, 3.05) is 13.1 Å². The normalized spacial score (nSPS) is 21.5. The summed E-state index contributed by atoms with van der Waals surface area (Å²) in [6, 6.07) is 7.06. The maximum Gasteiger partial charge on any atom is 0.225 e. The maximum absolute atomic E-state index is 13.5. The van der Waals surface area contributed by atoms with E-state index >= 15 is 0 Å². The average molecular weight is 332 g/mol. The van der Waals surface area contributed by atoms with E-state index in [2.05, 4.69) is 5.32 Å². The number of nitrogens with one attached hydrogen (secondary N) is 1. The van der Waals surface area contributed by atoms with Crippen LogP contribution in [0.5, 0.6) is 0 Å². The third-order valence-electron chi connectivity index (χ3n) is 5.17. The molecule has 1 aromatic rings. The molecular weight excluding hydrogens is 307 g/mol. The summed E-state index contributed by atoms with van der Waals surface area (Å²) < 4.78 is 13.5. The predicted molar refractivity (Wildman–Crippen MR) is 89.8 cm³/mol. The largest absolute Gasteiger partial charge is 0.356 e. The van der Waals surface area contributed by atoms with Crippen molar-refractivity contribution in [2.24, 2.45) is 5.92 Å². The van der Waals surface area contributed by atoms with Crippen LogP contribution in [-0.2, 0) is 16.0 Å². The van der Waals surface area contributed by atoms with Gasteiger partial charge < -0.3 is 10.2 Å². The summed E-state index contributed by atoms with van der Waals surface area (Å²) in [5.74, 6) is -0.352. The number of hydrogen-bond donors (Lipinski definition) is 1. The first-order chi connectivity index (χ1) is 11.6. The summed E-state index contributed by atoms with van der Waals surface area (Å²) in [6.07, 6.45) is 6.13. The highest BCUT2D eigenvalue weighted by molar-refractivity contribution is 5.89. The summed E-state index contributed by atoms with van der Waals surface area (Å²) in [5.41, 5.74) is 0.676. The van der Waals surface area contributed by atoms with Crippen molar-refractivity contribution in [2.45, 2.75) is 51.0 Å². The Morgan fingerprint density at radius 3 is 2.75 bits per heavy atom. The van der Waals surface area contributed by atoms with E-state index in [4.69, 9.17) is 0 Å². The predicted octanol–water partition coefficient (Wildman–Crippen LogP) is 2.67. The smallest absolute Gasteiger partial charge is 0.225 e. The molecule has 24 heavy (non-hydrogen) atoms. The number of carbonyl (C=O) groups excluding carboxylic acids is 2. The first-order valence-electron chi connectivity index (χ1n) is 8.95. The first-order valence-corrected chi connectivity index (χ1v) is 8.95. The summed E-state index contributed by atoms with van der Waals surface area (Å²) >= 11 is 0. The van der Waals surface area contributed by atoms with Gasteiger partial charge in [0.2, 0.25) is 11.8 Å². The Hall–Kier alpha value is -1.91. The molecule has 0 aromatic heterocycles. The molecular formula is C19H25FN2O2. The van der Waals surface area contributed by atoms with Gasteiger partial charge in [-0.05, 0) is 37.3 Å². The molecule has 1 aliphatic heterocycles. The second-order valence-corrected chi connectivity index (χ2v) is 6.87. The van der Waals surface area contributed by atoms with E-state index < -0.39 is 0 Å². The lowest BCUT2D eigenvalue weighted by atomic mass is 10.1. The third kappa shape index (κ3) is 3.94. The van der Waals surface area contributed by atoms with Gasteiger partial charge in [0.25, 0.3) is 0 Å². The van der Waals surface area contributed by atoms with E-state index in [-0.39, 0.29) is 23.5 Å². The van der Waals surface area contributed by atoms with E-state index in [1.54, 1.807) is 12.1 Å². The second-order valence-electron chi connectivity index (χ2n) is 6.87. The molecule has 3 rings (SSSR count). The van der Waals surface area contributed by atoms with Gasteiger partial charge in [-0.25, -0.2) is 4.39 Å². The number of aryl methyl sites for hydroxylation is 1. The molecule has 0 spiro atoms. The van der Waals surface area contributed by atoms with Crippen LogP contribution in [0.2, 0.25) is 0 Å². The topological polar surface area (TPSA) is 49.4 Å². The minimum atomic E-state index is -0.230. The fraction of sp³-hybridized carbons (Fsp3) is 0.579. The molecule has 1 N–H and O–H groups in total. The number of benzene rings is 1. The van der Waals surface area contributed by atoms with Crippen LogP contribution < -0.4 is 5.32 Å². The van der Waals surface area contributed by atoms with Gasteiger partial charge in [-0.15, -0.1) is 0 Å². The van der Waals surface area contributed by atoms with E-state index in [1.165, 1.54) is 18.9 Å². The molecule has 1 saturated carbocycles. The van der Waals surface area contributed by atoms with Crippen LogP contribution in [0.4, 0.5) is 4.39 Å². The lowest BCUT2D eigenvalue weighted by Crippen LogP contribution is -2.37. The van der Waals surface area contributed by atoms with Gasteiger partial charge >= 0.3 is 0 Å². The van der Waals surface area contributed by atoms with Gasteiger partial charge in [-0.1, -0.05) is 31.0 Å². The number of halogens is 1. The number of hydrogen-bond acceptors (Lipinski definition) is 2. The van der Waals surface area contributed by atoms with Crippen LogP contribution in [0, 0.1) is 11.7 Å². The standard InChI is InChI=1S/C19H25FN2O2/c20-17-10-4-1-6-14(17)7-5-11-21-19(24)15-12-18(23)22(13-15)16-8-2-3-9-16/h1,4,6,10,15-16H,2-3,5,7-9,11-13H2,(H,21,24). The number of carbonyl (C=O) groups is 2. The van der Waals surface area contributed by atoms with Crippen molar-refractivity contribution in [1.82, 2.24) is 10.2 Å². The molecule has 1 saturated heterocycles. The molecule has 2 fully saturated rings. The summed E-state index contributed by atoms with van der Waals surface area (Å²) in [6.45, 7) is 1.07. The van der Waals surface area contributed by atoms with E-state index in [9.17, 15) is 14.0 Å². The number of amides is 2. The van der Waals surface area contributed by atoms with Gasteiger partial charge in [0.15, 0.2) is 0 Å². The molecule has 130 valence electrons. The molecule has 0 bridgehead atoms. The quantitative estimate of drug-likeness (QED) is 0.814. The zero-order valence-corrected chi connectivity index (χ0v) is 14.0. The molecule has 2 amide bonds. The zero-order chi connectivity index (χ0) is 16.9. The van der Waals surface area contributed by atoms with Gasteiger partial charge in [-0.3, -0.25) is 9.59 Å². The molecule has 1 aromatic carbocycles. The maximum atomic E-state index is 13.5. The van der Waals surface area contributed by atoms with E-state index in [0.29, 0.717) is 44.0 Å². The first kappa shape index (κ1) is 16.9. The Morgan fingerprint density at radius 1 is 1.25 bits per heavy atom. The molecule has 1 atom stereocenters. The molecule has 1 heterocycles. The van der Waals surface area contributed by atoms with Gasteiger partial charge in [0, 0.05) is 25.6 Å². The van der Waals surface area contributed by atoms with Crippen molar-refractivity contribution in [3.63, 3.8) is 0 Å². The molecule has 1 aliphatic carbocycles. The van der Waals surface area contributed by atoms with Crippen LogP contribution in [-0.4, -0.2) is 35.8 Å².